The summed E-state index contributed by atoms with van der Waals surface area (Å²) in [6.45, 7) is 6.20. The van der Waals surface area contributed by atoms with E-state index in [0.717, 1.165) is 0 Å². The van der Waals surface area contributed by atoms with Crippen LogP contribution in [0.1, 0.15) is 20.3 Å². The molecule has 1 aromatic rings. The molecule has 0 spiro atoms. The van der Waals surface area contributed by atoms with Crippen molar-refractivity contribution in [1.82, 2.24) is 9.80 Å². The molecule has 1 saturated heterocycles. The first-order chi connectivity index (χ1) is 13.8. The van der Waals surface area contributed by atoms with Crippen LogP contribution in [-0.2, 0) is 9.59 Å². The number of carbonyl (C=O) groups is 2. The summed E-state index contributed by atoms with van der Waals surface area (Å²) >= 11 is 0. The molecule has 1 fully saturated rings. The van der Waals surface area contributed by atoms with Gasteiger partial charge in [0.15, 0.2) is 0 Å². The number of nitriles is 1. The van der Waals surface area contributed by atoms with Crippen LogP contribution in [0.25, 0.3) is 0 Å². The lowest BCUT2D eigenvalue weighted by molar-refractivity contribution is -0.126. The van der Waals surface area contributed by atoms with E-state index in [1.165, 1.54) is 29.3 Å². The van der Waals surface area contributed by atoms with Gasteiger partial charge >= 0.3 is 0 Å². The van der Waals surface area contributed by atoms with Crippen molar-refractivity contribution in [2.45, 2.75) is 32.4 Å². The van der Waals surface area contributed by atoms with E-state index in [2.05, 4.69) is 16.1 Å². The molecule has 0 aromatic heterocycles. The van der Waals surface area contributed by atoms with E-state index in [-0.39, 0.29) is 30.0 Å². The van der Waals surface area contributed by atoms with Crippen LogP contribution in [0.2, 0.25) is 0 Å². The summed E-state index contributed by atoms with van der Waals surface area (Å²) in [5.74, 6) is -1.03. The second-order valence-electron chi connectivity index (χ2n) is 7.64. The Labute approximate surface area is 169 Å². The highest BCUT2D eigenvalue weighted by atomic mass is 19.1. The fourth-order valence-corrected chi connectivity index (χ4v) is 3.73. The van der Waals surface area contributed by atoms with E-state index in [9.17, 15) is 19.2 Å². The Hall–Kier alpha value is -2.99. The number of carbonyl (C=O) groups excluding carboxylic acids is 2. The summed E-state index contributed by atoms with van der Waals surface area (Å²) in [6.07, 6.45) is 0.110. The molecule has 0 bridgehead atoms. The number of nitrogens with zero attached hydrogens (tertiary/aromatic N) is 5. The Morgan fingerprint density at radius 2 is 1.83 bits per heavy atom. The van der Waals surface area contributed by atoms with Crippen molar-refractivity contribution >= 4 is 23.2 Å². The number of rotatable bonds is 5. The second-order valence-corrected chi connectivity index (χ2v) is 7.64. The molecule has 2 aliphatic rings. The predicted molar refractivity (Wildman–Crippen MR) is 106 cm³/mol. The minimum atomic E-state index is -0.787. The monoisotopic (exact) mass is 400 g/mol. The quantitative estimate of drug-likeness (QED) is 0.792. The zero-order chi connectivity index (χ0) is 21.1. The van der Waals surface area contributed by atoms with Crippen molar-refractivity contribution in [3.63, 3.8) is 0 Å². The highest BCUT2D eigenvalue weighted by Crippen LogP contribution is 2.26. The largest absolute Gasteiger partial charge is 0.368 e. The van der Waals surface area contributed by atoms with Crippen molar-refractivity contribution in [1.29, 1.82) is 5.26 Å². The smallest absolute Gasteiger partial charge is 0.270 e. The minimum Gasteiger partial charge on any atom is -0.368 e. The first kappa shape index (κ1) is 20.7. The molecule has 154 valence electrons. The predicted octanol–water partition coefficient (Wildman–Crippen LogP) is 0.938. The van der Waals surface area contributed by atoms with Gasteiger partial charge in [0.2, 0.25) is 5.91 Å². The van der Waals surface area contributed by atoms with Crippen LogP contribution in [0.4, 0.5) is 10.1 Å². The van der Waals surface area contributed by atoms with E-state index in [0.29, 0.717) is 31.9 Å². The molecule has 2 unspecified atom stereocenters. The maximum absolute atomic E-state index is 13.2. The summed E-state index contributed by atoms with van der Waals surface area (Å²) in [4.78, 5) is 28.6. The molecule has 0 aliphatic carbocycles. The molecule has 2 atom stereocenters. The topological polar surface area (TPSA) is 106 Å². The van der Waals surface area contributed by atoms with Gasteiger partial charge in [-0.1, -0.05) is 13.8 Å². The van der Waals surface area contributed by atoms with Gasteiger partial charge in [0.25, 0.3) is 5.91 Å². The fraction of sp³-hybridized carbons (Fsp3) is 0.500. The van der Waals surface area contributed by atoms with E-state index >= 15 is 0 Å². The van der Waals surface area contributed by atoms with Gasteiger partial charge in [-0.25, -0.2) is 4.39 Å². The van der Waals surface area contributed by atoms with Gasteiger partial charge in [0.05, 0.1) is 11.8 Å². The first-order valence-electron chi connectivity index (χ1n) is 9.66. The molecule has 2 amide bonds. The van der Waals surface area contributed by atoms with Crippen LogP contribution in [0.5, 0.6) is 0 Å². The molecule has 1 aromatic carbocycles. The second kappa shape index (κ2) is 8.57. The number of primary amides is 1. The summed E-state index contributed by atoms with van der Waals surface area (Å²) in [5.41, 5.74) is 6.25. The number of hydrogen-bond acceptors (Lipinski definition) is 6. The van der Waals surface area contributed by atoms with Crippen LogP contribution in [0, 0.1) is 23.1 Å². The third-order valence-electron chi connectivity index (χ3n) is 5.34. The molecule has 29 heavy (non-hydrogen) atoms. The third kappa shape index (κ3) is 4.38. The highest BCUT2D eigenvalue weighted by Gasteiger charge is 2.37. The summed E-state index contributed by atoms with van der Waals surface area (Å²) < 4.78 is 13.2. The molecule has 3 rings (SSSR count). The normalized spacial score (nSPS) is 21.1. The number of halogens is 1. The average Bonchev–Trinajstić information content (AvgIpc) is 3.14. The van der Waals surface area contributed by atoms with Gasteiger partial charge in [-0.2, -0.15) is 10.4 Å². The molecule has 8 nitrogen and oxygen atoms in total. The molecular formula is C20H25FN6O2. The average molecular weight is 400 g/mol. The van der Waals surface area contributed by atoms with E-state index in [1.54, 1.807) is 4.90 Å². The van der Waals surface area contributed by atoms with Crippen molar-refractivity contribution < 1.29 is 14.0 Å². The van der Waals surface area contributed by atoms with Crippen LogP contribution >= 0.6 is 0 Å². The molecule has 0 radical (unpaired) electrons. The van der Waals surface area contributed by atoms with Crippen LogP contribution in [0.15, 0.2) is 29.4 Å². The van der Waals surface area contributed by atoms with E-state index < -0.39 is 17.8 Å². The Balaban J connectivity index is 1.71. The molecule has 2 heterocycles. The summed E-state index contributed by atoms with van der Waals surface area (Å²) in [6, 6.07) is 6.89. The SMILES string of the molecule is CC(C)C(C#N)N1CCN(C(=O)C2=NN(c3ccc(F)cc3)C(C(N)=O)C2)CC1. The van der Waals surface area contributed by atoms with Gasteiger partial charge in [0, 0.05) is 32.6 Å². The Kier molecular flexibility index (Phi) is 6.13. The number of piperazine rings is 1. The standard InChI is InChI=1S/C20H25FN6O2/c1-13(2)18(12-22)25-7-9-26(10-8-25)20(29)16-11-17(19(23)28)27(24-16)15-5-3-14(21)4-6-15/h3-6,13,17-18H,7-11H2,1-2H3,(H2,23,28). The number of hydrazone groups is 1. The molecule has 9 heteroatoms. The van der Waals surface area contributed by atoms with Gasteiger partial charge < -0.3 is 10.6 Å². The number of benzene rings is 1. The lowest BCUT2D eigenvalue weighted by Crippen LogP contribution is -2.54. The van der Waals surface area contributed by atoms with Crippen LogP contribution < -0.4 is 10.7 Å². The Morgan fingerprint density at radius 3 is 2.34 bits per heavy atom. The van der Waals surface area contributed by atoms with Gasteiger partial charge in [0.1, 0.15) is 23.6 Å². The van der Waals surface area contributed by atoms with Gasteiger partial charge in [-0.3, -0.25) is 19.5 Å². The first-order valence-corrected chi connectivity index (χ1v) is 9.66. The molecule has 0 saturated carbocycles. The molecule has 2 aliphatic heterocycles. The fourth-order valence-electron chi connectivity index (χ4n) is 3.73. The highest BCUT2D eigenvalue weighted by molar-refractivity contribution is 6.40. The van der Waals surface area contributed by atoms with Gasteiger partial charge in [-0.05, 0) is 30.2 Å². The zero-order valence-corrected chi connectivity index (χ0v) is 16.6. The number of amides is 2. The Morgan fingerprint density at radius 1 is 1.21 bits per heavy atom. The van der Waals surface area contributed by atoms with E-state index in [4.69, 9.17) is 5.73 Å². The van der Waals surface area contributed by atoms with Crippen LogP contribution in [-0.4, -0.2) is 65.6 Å². The van der Waals surface area contributed by atoms with Crippen LogP contribution in [0.3, 0.4) is 0 Å². The lowest BCUT2D eigenvalue weighted by Gasteiger charge is -2.38. The third-order valence-corrected chi connectivity index (χ3v) is 5.34. The van der Waals surface area contributed by atoms with E-state index in [1.807, 2.05) is 13.8 Å². The molecule has 2 N–H and O–H groups in total. The van der Waals surface area contributed by atoms with Crippen molar-refractivity contribution in [3.05, 3.63) is 30.1 Å². The number of nitrogens with two attached hydrogens (primary N) is 1. The van der Waals surface area contributed by atoms with Gasteiger partial charge in [-0.15, -0.1) is 0 Å². The number of anilines is 1. The Bertz CT molecular complexity index is 840. The van der Waals surface area contributed by atoms with Crippen molar-refractivity contribution in [2.75, 3.05) is 31.2 Å². The van der Waals surface area contributed by atoms with Crippen molar-refractivity contribution in [3.8, 4) is 6.07 Å². The summed E-state index contributed by atoms with van der Waals surface area (Å²) in [7, 11) is 0. The molecular weight excluding hydrogens is 375 g/mol. The maximum Gasteiger partial charge on any atom is 0.270 e. The zero-order valence-electron chi connectivity index (χ0n) is 16.6. The minimum absolute atomic E-state index is 0.110. The van der Waals surface area contributed by atoms with Crippen molar-refractivity contribution in [2.24, 2.45) is 16.8 Å². The maximum atomic E-state index is 13.2. The number of hydrogen-bond donors (Lipinski definition) is 1. The summed E-state index contributed by atoms with van der Waals surface area (Å²) in [5, 5.41) is 15.1. The lowest BCUT2D eigenvalue weighted by atomic mass is 10.0.